The van der Waals surface area contributed by atoms with E-state index >= 15 is 0 Å². The van der Waals surface area contributed by atoms with Crippen LogP contribution < -0.4 is 5.32 Å². The number of nitrogens with zero attached hydrogens (tertiary/aromatic N) is 1. The van der Waals surface area contributed by atoms with Gasteiger partial charge in [-0.25, -0.2) is 8.78 Å². The van der Waals surface area contributed by atoms with Crippen molar-refractivity contribution in [3.8, 4) is 0 Å². The minimum absolute atomic E-state index is 0.0128. The summed E-state index contributed by atoms with van der Waals surface area (Å²) < 4.78 is 38.9. The van der Waals surface area contributed by atoms with Crippen LogP contribution in [0.2, 0.25) is 0 Å². The molecule has 8 heteroatoms. The van der Waals surface area contributed by atoms with E-state index < -0.39 is 17.4 Å². The average Bonchev–Trinajstić information content (AvgIpc) is 2.62. The Bertz CT molecular complexity index is 620. The van der Waals surface area contributed by atoms with Gasteiger partial charge in [-0.2, -0.15) is 0 Å². The normalized spacial score (nSPS) is 11.5. The van der Waals surface area contributed by atoms with Gasteiger partial charge in [0.15, 0.2) is 11.6 Å². The predicted octanol–water partition coefficient (Wildman–Crippen LogP) is 2.47. The van der Waals surface area contributed by atoms with Gasteiger partial charge < -0.3 is 19.7 Å². The summed E-state index contributed by atoms with van der Waals surface area (Å²) in [5, 5.41) is 2.32. The summed E-state index contributed by atoms with van der Waals surface area (Å²) in [4.78, 5) is 24.4. The molecule has 151 valence electrons. The maximum Gasteiger partial charge on any atom is 0.309 e. The molecule has 0 atom stereocenters. The lowest BCUT2D eigenvalue weighted by molar-refractivity contribution is -0.252. The molecule has 0 aliphatic carbocycles. The van der Waals surface area contributed by atoms with Crippen molar-refractivity contribution in [1.29, 1.82) is 0 Å². The minimum atomic E-state index is -1.44. The fraction of sp³-hybridized carbons (Fsp3) is 0.579. The van der Waals surface area contributed by atoms with Crippen molar-refractivity contribution >= 4 is 12.3 Å². The summed E-state index contributed by atoms with van der Waals surface area (Å²) in [5.74, 6) is -3.68. The number of hydrogen-bond acceptors (Lipinski definition) is 4. The topological polar surface area (TPSA) is 67.9 Å². The molecule has 6 nitrogen and oxygen atoms in total. The Labute approximate surface area is 158 Å². The molecule has 2 amide bonds. The first kappa shape index (κ1) is 23.0. The zero-order chi connectivity index (χ0) is 20.4. The van der Waals surface area contributed by atoms with Crippen LogP contribution in [0.4, 0.5) is 8.78 Å². The van der Waals surface area contributed by atoms with E-state index in [-0.39, 0.29) is 50.2 Å². The third-order valence-corrected chi connectivity index (χ3v) is 3.97. The van der Waals surface area contributed by atoms with Gasteiger partial charge in [0.05, 0.1) is 6.54 Å². The van der Waals surface area contributed by atoms with Crippen LogP contribution >= 0.6 is 0 Å². The molecule has 1 aromatic rings. The Kier molecular flexibility index (Phi) is 9.31. The third kappa shape index (κ3) is 6.25. The molecule has 1 radical (unpaired) electrons. The fourth-order valence-electron chi connectivity index (χ4n) is 2.74. The van der Waals surface area contributed by atoms with Crippen LogP contribution in [0.15, 0.2) is 18.2 Å². The molecule has 0 aliphatic heterocycles. The van der Waals surface area contributed by atoms with Crippen molar-refractivity contribution in [3.63, 3.8) is 0 Å². The van der Waals surface area contributed by atoms with E-state index in [2.05, 4.69) is 5.32 Å². The Morgan fingerprint density at radius 3 is 2.33 bits per heavy atom. The number of rotatable bonds is 12. The highest BCUT2D eigenvalue weighted by Crippen LogP contribution is 2.31. The molecule has 0 aliphatic rings. The Balaban J connectivity index is 3.24. The van der Waals surface area contributed by atoms with E-state index in [9.17, 15) is 18.4 Å². The standard InChI is InChI=1S/C19H27F2N2O4/c1-5-26-19(27-6-2,15-7-8-16(20)17(21)11-15)12-23(14(3)4)18(25)9-10-22-13-24/h7-8,11,14H,5-6,9-10,12H2,1-4H3,(H,22,24). The number of carbonyl (C=O) groups is 1. The molecule has 0 saturated heterocycles. The fourth-order valence-corrected chi connectivity index (χ4v) is 2.74. The SMILES string of the molecule is CCOC(CN(C(=O)CCN[C]=O)C(C)C)(OCC)c1ccc(F)c(F)c1. The molecular weight excluding hydrogens is 358 g/mol. The van der Waals surface area contributed by atoms with E-state index in [1.807, 2.05) is 13.8 Å². The van der Waals surface area contributed by atoms with Crippen LogP contribution in [-0.2, 0) is 24.8 Å². The quantitative estimate of drug-likeness (QED) is 0.341. The lowest BCUT2D eigenvalue weighted by Crippen LogP contribution is -2.50. The number of halogens is 2. The second kappa shape index (κ2) is 10.9. The van der Waals surface area contributed by atoms with Crippen molar-refractivity contribution < 1.29 is 27.8 Å². The maximum absolute atomic E-state index is 13.8. The molecule has 0 bridgehead atoms. The van der Waals surface area contributed by atoms with Crippen molar-refractivity contribution in [2.45, 2.75) is 45.9 Å². The van der Waals surface area contributed by atoms with Crippen molar-refractivity contribution in [2.75, 3.05) is 26.3 Å². The van der Waals surface area contributed by atoms with Gasteiger partial charge in [-0.05, 0) is 39.8 Å². The Morgan fingerprint density at radius 2 is 1.85 bits per heavy atom. The minimum Gasteiger partial charge on any atom is -0.347 e. The van der Waals surface area contributed by atoms with Gasteiger partial charge in [0.25, 0.3) is 0 Å². The first-order chi connectivity index (χ1) is 12.8. The number of benzene rings is 1. The largest absolute Gasteiger partial charge is 0.347 e. The van der Waals surface area contributed by atoms with Gasteiger partial charge in [-0.15, -0.1) is 0 Å². The summed E-state index contributed by atoms with van der Waals surface area (Å²) in [6.07, 6.45) is 1.59. The first-order valence-electron chi connectivity index (χ1n) is 8.94. The average molecular weight is 385 g/mol. The molecule has 0 fully saturated rings. The zero-order valence-electron chi connectivity index (χ0n) is 16.2. The van der Waals surface area contributed by atoms with Gasteiger partial charge in [0, 0.05) is 37.8 Å². The molecule has 0 unspecified atom stereocenters. The van der Waals surface area contributed by atoms with E-state index in [1.165, 1.54) is 17.4 Å². The summed E-state index contributed by atoms with van der Waals surface area (Å²) in [5.41, 5.74) is 0.280. The van der Waals surface area contributed by atoms with Crippen LogP contribution in [0.1, 0.15) is 39.7 Å². The van der Waals surface area contributed by atoms with Crippen molar-refractivity contribution in [3.05, 3.63) is 35.4 Å². The van der Waals surface area contributed by atoms with E-state index in [4.69, 9.17) is 9.47 Å². The second-order valence-corrected chi connectivity index (χ2v) is 6.14. The summed E-state index contributed by atoms with van der Waals surface area (Å²) in [7, 11) is 0. The third-order valence-electron chi connectivity index (χ3n) is 3.97. The number of nitrogens with one attached hydrogen (secondary N) is 1. The number of ether oxygens (including phenoxy) is 2. The van der Waals surface area contributed by atoms with Gasteiger partial charge in [-0.1, -0.05) is 6.07 Å². The Hall–Kier alpha value is -2.06. The molecule has 27 heavy (non-hydrogen) atoms. The molecule has 1 rings (SSSR count). The number of amides is 2. The summed E-state index contributed by atoms with van der Waals surface area (Å²) in [6, 6.07) is 3.20. The molecule has 1 aromatic carbocycles. The van der Waals surface area contributed by atoms with Gasteiger partial charge in [-0.3, -0.25) is 9.59 Å². The molecule has 0 aromatic heterocycles. The van der Waals surface area contributed by atoms with Crippen molar-refractivity contribution in [2.24, 2.45) is 0 Å². The summed E-state index contributed by atoms with van der Waals surface area (Å²) >= 11 is 0. The maximum atomic E-state index is 13.8. The molecular formula is C19H27F2N2O4. The van der Waals surface area contributed by atoms with Gasteiger partial charge in [0.1, 0.15) is 0 Å². The smallest absolute Gasteiger partial charge is 0.309 e. The lowest BCUT2D eigenvalue weighted by Gasteiger charge is -2.39. The van der Waals surface area contributed by atoms with Gasteiger partial charge in [0.2, 0.25) is 11.7 Å². The molecule has 1 N–H and O–H groups in total. The van der Waals surface area contributed by atoms with Crippen molar-refractivity contribution in [1.82, 2.24) is 10.2 Å². The number of carbonyl (C=O) groups excluding carboxylic acids is 2. The van der Waals surface area contributed by atoms with Crippen LogP contribution in [0.3, 0.4) is 0 Å². The summed E-state index contributed by atoms with van der Waals surface area (Å²) in [6.45, 7) is 7.75. The van der Waals surface area contributed by atoms with Crippen LogP contribution in [0.5, 0.6) is 0 Å². The first-order valence-corrected chi connectivity index (χ1v) is 8.94. The van der Waals surface area contributed by atoms with Crippen LogP contribution in [-0.4, -0.2) is 49.6 Å². The van der Waals surface area contributed by atoms with Crippen LogP contribution in [0.25, 0.3) is 0 Å². The zero-order valence-corrected chi connectivity index (χ0v) is 16.2. The monoisotopic (exact) mass is 385 g/mol. The van der Waals surface area contributed by atoms with E-state index in [0.717, 1.165) is 12.1 Å². The van der Waals surface area contributed by atoms with Crippen LogP contribution in [0, 0.1) is 11.6 Å². The predicted molar refractivity (Wildman–Crippen MR) is 96.5 cm³/mol. The molecule has 0 heterocycles. The highest BCUT2D eigenvalue weighted by molar-refractivity contribution is 5.77. The Morgan fingerprint density at radius 1 is 1.22 bits per heavy atom. The van der Waals surface area contributed by atoms with Gasteiger partial charge >= 0.3 is 6.41 Å². The van der Waals surface area contributed by atoms with E-state index in [0.29, 0.717) is 0 Å². The highest BCUT2D eigenvalue weighted by atomic mass is 19.2. The molecule has 0 saturated carbocycles. The van der Waals surface area contributed by atoms with E-state index in [1.54, 1.807) is 13.8 Å². The molecule has 0 spiro atoms. The lowest BCUT2D eigenvalue weighted by atomic mass is 10.0. The highest BCUT2D eigenvalue weighted by Gasteiger charge is 2.39. The number of hydrogen-bond donors (Lipinski definition) is 1. The second-order valence-electron chi connectivity index (χ2n) is 6.14.